The second-order valence-corrected chi connectivity index (χ2v) is 5.28. The van der Waals surface area contributed by atoms with E-state index < -0.39 is 0 Å². The summed E-state index contributed by atoms with van der Waals surface area (Å²) in [5.41, 5.74) is 0.352. The van der Waals surface area contributed by atoms with Crippen LogP contribution >= 0.6 is 0 Å². The zero-order chi connectivity index (χ0) is 9.90. The van der Waals surface area contributed by atoms with Gasteiger partial charge in [-0.1, -0.05) is 20.8 Å². The highest BCUT2D eigenvalue weighted by Crippen LogP contribution is 2.25. The minimum absolute atomic E-state index is 0.303. The maximum absolute atomic E-state index is 8.73. The van der Waals surface area contributed by atoms with E-state index in [-0.39, 0.29) is 0 Å². The van der Waals surface area contributed by atoms with E-state index in [1.54, 1.807) is 0 Å². The van der Waals surface area contributed by atoms with E-state index in [0.717, 1.165) is 19.4 Å². The molecule has 1 N–H and O–H groups in total. The number of nitriles is 1. The number of hydrogen-bond acceptors (Lipinski definition) is 2. The Balaban J connectivity index is 2.22. The van der Waals surface area contributed by atoms with Crippen LogP contribution in [0.25, 0.3) is 0 Å². The van der Waals surface area contributed by atoms with Gasteiger partial charge in [-0.15, -0.1) is 0 Å². The second-order valence-electron chi connectivity index (χ2n) is 5.28. The Hall–Kier alpha value is -0.550. The molecular formula is C11H20N2. The summed E-state index contributed by atoms with van der Waals surface area (Å²) >= 11 is 0. The molecule has 0 radical (unpaired) electrons. The second kappa shape index (κ2) is 4.11. The Bertz CT molecular complexity index is 197. The van der Waals surface area contributed by atoms with Gasteiger partial charge in [0, 0.05) is 18.5 Å². The fourth-order valence-corrected chi connectivity index (χ4v) is 1.73. The first-order valence-electron chi connectivity index (χ1n) is 5.14. The van der Waals surface area contributed by atoms with Crippen LogP contribution in [0.1, 0.15) is 40.0 Å². The van der Waals surface area contributed by atoms with Crippen LogP contribution in [-0.4, -0.2) is 12.6 Å². The van der Waals surface area contributed by atoms with Crippen molar-refractivity contribution in [2.75, 3.05) is 6.54 Å². The van der Waals surface area contributed by atoms with Gasteiger partial charge in [0.15, 0.2) is 0 Å². The smallest absolute Gasteiger partial charge is 0.0656 e. The van der Waals surface area contributed by atoms with Crippen molar-refractivity contribution in [3.8, 4) is 6.07 Å². The van der Waals surface area contributed by atoms with Gasteiger partial charge in [0.2, 0.25) is 0 Å². The lowest BCUT2D eigenvalue weighted by Crippen LogP contribution is -2.34. The fraction of sp³-hybridized carbons (Fsp3) is 0.909. The molecule has 1 aliphatic carbocycles. The maximum atomic E-state index is 8.73. The van der Waals surface area contributed by atoms with Crippen LogP contribution in [-0.2, 0) is 0 Å². The van der Waals surface area contributed by atoms with E-state index in [1.165, 1.54) is 6.42 Å². The lowest BCUT2D eigenvalue weighted by molar-refractivity contribution is 0.350. The number of nitrogens with one attached hydrogen (secondary N) is 1. The van der Waals surface area contributed by atoms with Gasteiger partial charge in [0.1, 0.15) is 0 Å². The Kier molecular flexibility index (Phi) is 3.33. The Morgan fingerprint density at radius 2 is 2.08 bits per heavy atom. The van der Waals surface area contributed by atoms with E-state index >= 15 is 0 Å². The van der Waals surface area contributed by atoms with E-state index in [2.05, 4.69) is 32.2 Å². The summed E-state index contributed by atoms with van der Waals surface area (Å²) in [5, 5.41) is 12.3. The quantitative estimate of drug-likeness (QED) is 0.708. The summed E-state index contributed by atoms with van der Waals surface area (Å²) in [5.74, 6) is 0.303. The highest BCUT2D eigenvalue weighted by molar-refractivity contribution is 4.93. The van der Waals surface area contributed by atoms with Crippen LogP contribution in [0.15, 0.2) is 0 Å². The predicted octanol–water partition coefficient (Wildman–Crippen LogP) is 2.31. The first-order valence-corrected chi connectivity index (χ1v) is 5.14. The molecule has 0 aromatic rings. The van der Waals surface area contributed by atoms with Gasteiger partial charge in [-0.2, -0.15) is 5.26 Å². The van der Waals surface area contributed by atoms with Crippen LogP contribution in [0.5, 0.6) is 0 Å². The minimum Gasteiger partial charge on any atom is -0.313 e. The van der Waals surface area contributed by atoms with E-state index in [1.807, 2.05) is 0 Å². The van der Waals surface area contributed by atoms with Crippen molar-refractivity contribution >= 4 is 0 Å². The molecule has 1 saturated carbocycles. The fourth-order valence-electron chi connectivity index (χ4n) is 1.73. The van der Waals surface area contributed by atoms with Gasteiger partial charge in [-0.3, -0.25) is 0 Å². The van der Waals surface area contributed by atoms with Crippen molar-refractivity contribution in [3.63, 3.8) is 0 Å². The predicted molar refractivity (Wildman–Crippen MR) is 54.2 cm³/mol. The Labute approximate surface area is 81.3 Å². The summed E-state index contributed by atoms with van der Waals surface area (Å²) < 4.78 is 0. The summed E-state index contributed by atoms with van der Waals surface area (Å²) in [6.07, 6.45) is 3.30. The van der Waals surface area contributed by atoms with Crippen molar-refractivity contribution < 1.29 is 0 Å². The lowest BCUT2D eigenvalue weighted by atomic mass is 9.96. The molecule has 1 aliphatic rings. The monoisotopic (exact) mass is 180 g/mol. The van der Waals surface area contributed by atoms with Crippen LogP contribution in [0.3, 0.4) is 0 Å². The van der Waals surface area contributed by atoms with Crippen LogP contribution in [0.2, 0.25) is 0 Å². The molecule has 2 unspecified atom stereocenters. The van der Waals surface area contributed by atoms with Gasteiger partial charge >= 0.3 is 0 Å². The van der Waals surface area contributed by atoms with Crippen molar-refractivity contribution in [1.82, 2.24) is 5.32 Å². The summed E-state index contributed by atoms with van der Waals surface area (Å²) in [6.45, 7) is 7.75. The van der Waals surface area contributed by atoms with Gasteiger partial charge in [-0.05, 0) is 24.7 Å². The molecule has 2 heteroatoms. The molecule has 74 valence electrons. The standard InChI is InChI=1S/C11H20N2/c1-11(2,3)8-13-10-5-4-9(6-10)7-12/h9-10,13H,4-6,8H2,1-3H3. The highest BCUT2D eigenvalue weighted by atomic mass is 14.9. The van der Waals surface area contributed by atoms with Gasteiger partial charge in [-0.25, -0.2) is 0 Å². The lowest BCUT2D eigenvalue weighted by Gasteiger charge is -2.22. The van der Waals surface area contributed by atoms with E-state index in [0.29, 0.717) is 17.4 Å². The number of hydrogen-bond donors (Lipinski definition) is 1. The average Bonchev–Trinajstić information content (AvgIpc) is 2.47. The Morgan fingerprint density at radius 3 is 2.54 bits per heavy atom. The number of nitrogens with zero attached hydrogens (tertiary/aromatic N) is 1. The molecule has 0 bridgehead atoms. The van der Waals surface area contributed by atoms with Crippen LogP contribution in [0, 0.1) is 22.7 Å². The van der Waals surface area contributed by atoms with Crippen LogP contribution < -0.4 is 5.32 Å². The van der Waals surface area contributed by atoms with Crippen molar-refractivity contribution in [3.05, 3.63) is 0 Å². The molecule has 0 heterocycles. The molecule has 1 fully saturated rings. The molecule has 0 aromatic heterocycles. The third-order valence-electron chi connectivity index (χ3n) is 2.54. The highest BCUT2D eigenvalue weighted by Gasteiger charge is 2.24. The molecule has 0 spiro atoms. The third-order valence-corrected chi connectivity index (χ3v) is 2.54. The number of rotatable bonds is 2. The van der Waals surface area contributed by atoms with Gasteiger partial charge < -0.3 is 5.32 Å². The van der Waals surface area contributed by atoms with Crippen molar-refractivity contribution in [1.29, 1.82) is 5.26 Å². The van der Waals surface area contributed by atoms with Crippen molar-refractivity contribution in [2.45, 2.75) is 46.1 Å². The Morgan fingerprint density at radius 1 is 1.38 bits per heavy atom. The average molecular weight is 180 g/mol. The SMILES string of the molecule is CC(C)(C)CNC1CCC(C#N)C1. The molecule has 13 heavy (non-hydrogen) atoms. The summed E-state index contributed by atoms with van der Waals surface area (Å²) in [7, 11) is 0. The summed E-state index contributed by atoms with van der Waals surface area (Å²) in [6, 6.07) is 2.94. The molecule has 2 nitrogen and oxygen atoms in total. The molecule has 1 rings (SSSR count). The van der Waals surface area contributed by atoms with Gasteiger partial charge in [0.05, 0.1) is 6.07 Å². The third kappa shape index (κ3) is 3.78. The van der Waals surface area contributed by atoms with Gasteiger partial charge in [0.25, 0.3) is 0 Å². The largest absolute Gasteiger partial charge is 0.313 e. The maximum Gasteiger partial charge on any atom is 0.0656 e. The first kappa shape index (κ1) is 10.5. The molecule has 0 saturated heterocycles. The summed E-state index contributed by atoms with van der Waals surface area (Å²) in [4.78, 5) is 0. The molecular weight excluding hydrogens is 160 g/mol. The zero-order valence-electron chi connectivity index (χ0n) is 8.93. The first-order chi connectivity index (χ1) is 6.01. The zero-order valence-corrected chi connectivity index (χ0v) is 8.93. The van der Waals surface area contributed by atoms with Crippen molar-refractivity contribution in [2.24, 2.45) is 11.3 Å². The van der Waals surface area contributed by atoms with E-state index in [4.69, 9.17) is 5.26 Å². The molecule has 0 aliphatic heterocycles. The molecule has 0 amide bonds. The normalized spacial score (nSPS) is 28.8. The van der Waals surface area contributed by atoms with E-state index in [9.17, 15) is 0 Å². The molecule has 2 atom stereocenters. The minimum atomic E-state index is 0.303. The topological polar surface area (TPSA) is 35.8 Å². The molecule has 0 aromatic carbocycles. The van der Waals surface area contributed by atoms with Crippen LogP contribution in [0.4, 0.5) is 0 Å².